The lowest BCUT2D eigenvalue weighted by atomic mass is 9.95. The van der Waals surface area contributed by atoms with Crippen molar-refractivity contribution in [1.29, 1.82) is 0 Å². The fraction of sp³-hybridized carbons (Fsp3) is 0.463. The summed E-state index contributed by atoms with van der Waals surface area (Å²) in [5.41, 5.74) is 2.48. The van der Waals surface area contributed by atoms with Gasteiger partial charge < -0.3 is 34.6 Å². The summed E-state index contributed by atoms with van der Waals surface area (Å²) < 4.78 is 16.9. The summed E-state index contributed by atoms with van der Waals surface area (Å²) in [6.07, 6.45) is 6.30. The molecule has 0 aromatic heterocycles. The van der Waals surface area contributed by atoms with Crippen LogP contribution in [0.5, 0.6) is 11.5 Å². The van der Waals surface area contributed by atoms with Gasteiger partial charge >= 0.3 is 5.97 Å². The van der Waals surface area contributed by atoms with Crippen molar-refractivity contribution < 1.29 is 43.6 Å². The Balaban J connectivity index is 2.10. The molecular weight excluding hydrogens is 664 g/mol. The lowest BCUT2D eigenvalue weighted by Crippen LogP contribution is -2.55. The van der Waals surface area contributed by atoms with Crippen LogP contribution in [0.2, 0.25) is 0 Å². The van der Waals surface area contributed by atoms with E-state index in [0.29, 0.717) is 36.0 Å². The Morgan fingerprint density at radius 3 is 2.37 bits per heavy atom. The SMILES string of the molecule is COc1cc(C[C@@H]2C(=O)N[C@@H](C(C)C)C(=O)O[C@H](c3ccccc3)[C@H](O)/C=C/C=C(\C)[C@@H](OC)CCC/C=C(\C)C(=O)[C@@H](C)C(=O)N2C)ccc1O. The van der Waals surface area contributed by atoms with Crippen LogP contribution in [-0.4, -0.2) is 84.2 Å². The van der Waals surface area contributed by atoms with Crippen molar-refractivity contribution in [3.8, 4) is 11.5 Å². The van der Waals surface area contributed by atoms with E-state index in [1.165, 1.54) is 38.1 Å². The van der Waals surface area contributed by atoms with Crippen LogP contribution in [0.1, 0.15) is 71.1 Å². The molecule has 0 saturated carbocycles. The number of hydrogen-bond donors (Lipinski definition) is 3. The molecule has 1 heterocycles. The summed E-state index contributed by atoms with van der Waals surface area (Å²) >= 11 is 0. The van der Waals surface area contributed by atoms with Crippen LogP contribution in [0.4, 0.5) is 0 Å². The van der Waals surface area contributed by atoms with Crippen molar-refractivity contribution in [3.05, 3.63) is 95.1 Å². The van der Waals surface area contributed by atoms with Crippen molar-refractivity contribution in [1.82, 2.24) is 10.2 Å². The zero-order valence-electron chi connectivity index (χ0n) is 31.5. The number of carbonyl (C=O) groups excluding carboxylic acids is 4. The molecule has 282 valence electrons. The van der Waals surface area contributed by atoms with E-state index in [0.717, 1.165) is 5.57 Å². The third-order valence-corrected chi connectivity index (χ3v) is 9.42. The molecule has 3 N–H and O–H groups in total. The van der Waals surface area contributed by atoms with Gasteiger partial charge in [0.15, 0.2) is 23.4 Å². The van der Waals surface area contributed by atoms with Gasteiger partial charge in [0, 0.05) is 20.6 Å². The number of ether oxygens (including phenoxy) is 3. The van der Waals surface area contributed by atoms with Crippen molar-refractivity contribution in [3.63, 3.8) is 0 Å². The van der Waals surface area contributed by atoms with Crippen molar-refractivity contribution in [2.75, 3.05) is 21.3 Å². The molecule has 0 unspecified atom stereocenters. The van der Waals surface area contributed by atoms with E-state index in [4.69, 9.17) is 14.2 Å². The number of carbonyl (C=O) groups is 4. The number of cyclic esters (lactones) is 1. The number of ketones is 1. The van der Waals surface area contributed by atoms with Gasteiger partial charge in [-0.1, -0.05) is 74.5 Å². The molecule has 0 fully saturated rings. The van der Waals surface area contributed by atoms with Crippen molar-refractivity contribution >= 4 is 23.6 Å². The Labute approximate surface area is 307 Å². The summed E-state index contributed by atoms with van der Waals surface area (Å²) in [7, 11) is 4.47. The Morgan fingerprint density at radius 1 is 1.04 bits per heavy atom. The maximum atomic E-state index is 14.2. The van der Waals surface area contributed by atoms with Crippen LogP contribution in [-0.2, 0) is 35.1 Å². The lowest BCUT2D eigenvalue weighted by molar-refractivity contribution is -0.159. The number of amides is 2. The first kappa shape index (κ1) is 41.7. The van der Waals surface area contributed by atoms with Gasteiger partial charge in [-0.15, -0.1) is 0 Å². The number of nitrogens with one attached hydrogen (secondary N) is 1. The number of likely N-dealkylation sites (N-methyl/N-ethyl adjacent to an activating group) is 1. The molecule has 52 heavy (non-hydrogen) atoms. The Kier molecular flexibility index (Phi) is 15.8. The molecule has 0 saturated heterocycles. The van der Waals surface area contributed by atoms with E-state index < -0.39 is 53.9 Å². The van der Waals surface area contributed by atoms with Gasteiger partial charge in [-0.05, 0) is 80.4 Å². The normalized spacial score (nSPS) is 27.6. The molecule has 1 aliphatic heterocycles. The first-order valence-electron chi connectivity index (χ1n) is 17.6. The molecule has 11 heteroatoms. The van der Waals surface area contributed by atoms with Gasteiger partial charge in [0.1, 0.15) is 18.2 Å². The second kappa shape index (κ2) is 19.8. The molecule has 2 amide bonds. The largest absolute Gasteiger partial charge is 0.504 e. The van der Waals surface area contributed by atoms with Gasteiger partial charge in [0.2, 0.25) is 11.8 Å². The highest BCUT2D eigenvalue weighted by atomic mass is 16.6. The van der Waals surface area contributed by atoms with E-state index in [9.17, 15) is 29.4 Å². The molecule has 0 radical (unpaired) electrons. The minimum atomic E-state index is -1.23. The topological polar surface area (TPSA) is 152 Å². The van der Waals surface area contributed by atoms with E-state index in [2.05, 4.69) is 5.32 Å². The third-order valence-electron chi connectivity index (χ3n) is 9.42. The molecule has 0 aliphatic carbocycles. The Bertz CT molecular complexity index is 1630. The predicted molar refractivity (Wildman–Crippen MR) is 198 cm³/mol. The number of Topliss-reactive ketones (excluding diaryl/α,β-unsaturated/α-hetero) is 1. The lowest BCUT2D eigenvalue weighted by Gasteiger charge is -2.32. The molecule has 2 aromatic carbocycles. The average molecular weight is 719 g/mol. The molecule has 0 bridgehead atoms. The summed E-state index contributed by atoms with van der Waals surface area (Å²) in [5.74, 6) is -3.82. The Morgan fingerprint density at radius 2 is 1.73 bits per heavy atom. The van der Waals surface area contributed by atoms with Crippen LogP contribution in [0.15, 0.2) is 84.0 Å². The van der Waals surface area contributed by atoms with Gasteiger partial charge in [0.25, 0.3) is 0 Å². The smallest absolute Gasteiger partial charge is 0.329 e. The number of hydrogen-bond acceptors (Lipinski definition) is 9. The number of aliphatic hydroxyl groups excluding tert-OH is 1. The molecule has 0 spiro atoms. The number of aromatic hydroxyl groups is 1. The summed E-state index contributed by atoms with van der Waals surface area (Å²) in [6.45, 7) is 8.60. The predicted octanol–water partition coefficient (Wildman–Crippen LogP) is 5.41. The highest BCUT2D eigenvalue weighted by Crippen LogP contribution is 2.28. The zero-order valence-corrected chi connectivity index (χ0v) is 31.5. The van der Waals surface area contributed by atoms with Gasteiger partial charge in [0.05, 0.1) is 19.1 Å². The van der Waals surface area contributed by atoms with E-state index in [-0.39, 0.29) is 29.8 Å². The molecule has 2 aromatic rings. The number of aliphatic hydroxyl groups is 1. The van der Waals surface area contributed by atoms with Crippen molar-refractivity contribution in [2.45, 2.75) is 90.7 Å². The fourth-order valence-electron chi connectivity index (χ4n) is 6.10. The van der Waals surface area contributed by atoms with Crippen molar-refractivity contribution in [2.24, 2.45) is 11.8 Å². The molecular formula is C41H54N2O9. The van der Waals surface area contributed by atoms with Gasteiger partial charge in [-0.3, -0.25) is 14.4 Å². The van der Waals surface area contributed by atoms with E-state index >= 15 is 0 Å². The maximum Gasteiger partial charge on any atom is 0.329 e. The first-order chi connectivity index (χ1) is 24.7. The zero-order chi connectivity index (χ0) is 38.5. The van der Waals surface area contributed by atoms with Crippen LogP contribution < -0.4 is 10.1 Å². The van der Waals surface area contributed by atoms with Crippen LogP contribution in [0, 0.1) is 11.8 Å². The van der Waals surface area contributed by atoms with Gasteiger partial charge in [-0.25, -0.2) is 4.79 Å². The Hall–Kier alpha value is -4.74. The molecule has 1 aliphatic rings. The monoisotopic (exact) mass is 718 g/mol. The number of esters is 1. The average Bonchev–Trinajstić information content (AvgIpc) is 3.13. The summed E-state index contributed by atoms with van der Waals surface area (Å²) in [4.78, 5) is 56.7. The van der Waals surface area contributed by atoms with Crippen LogP contribution in [0.3, 0.4) is 0 Å². The summed E-state index contributed by atoms with van der Waals surface area (Å²) in [5, 5.41) is 24.3. The minimum absolute atomic E-state index is 0.0238. The highest BCUT2D eigenvalue weighted by molar-refractivity contribution is 6.09. The standard InChI is InChI=1S/C41H54N2O9/c1-25(2)36-41(49)52-38(30-17-10-9-11-18-30)33(45)19-14-16-26(3)34(50-7)20-13-12-15-27(4)37(46)28(5)40(48)43(6)31(39(47)42-36)23-29-21-22-32(44)35(24-29)51-8/h9-11,14-19,21-22,24-25,28,31,33-34,36,38,44-45H,12-13,20,23H2,1-8H3,(H,42,47)/b19-14+,26-16+,27-15+/t28-,31-,33-,34+,36+,38-/m1/s1. The number of phenols is 1. The number of methoxy groups -OCH3 is 2. The number of nitrogens with zero attached hydrogens (tertiary/aromatic N) is 1. The van der Waals surface area contributed by atoms with Crippen LogP contribution in [0.25, 0.3) is 0 Å². The third kappa shape index (κ3) is 11.1. The molecule has 11 nitrogen and oxygen atoms in total. The molecule has 3 rings (SSSR count). The van der Waals surface area contributed by atoms with Crippen LogP contribution >= 0.6 is 0 Å². The number of phenolic OH excluding ortho intramolecular Hbond substituents is 1. The minimum Gasteiger partial charge on any atom is -0.504 e. The van der Waals surface area contributed by atoms with Gasteiger partial charge in [-0.2, -0.15) is 0 Å². The second-order valence-electron chi connectivity index (χ2n) is 13.6. The molecule has 6 atom stereocenters. The highest BCUT2D eigenvalue weighted by Gasteiger charge is 2.37. The van der Waals surface area contributed by atoms with E-state index in [1.54, 1.807) is 70.4 Å². The fourth-order valence-corrected chi connectivity index (χ4v) is 6.10. The second-order valence-corrected chi connectivity index (χ2v) is 13.6. The summed E-state index contributed by atoms with van der Waals surface area (Å²) in [6, 6.07) is 11.1. The quantitative estimate of drug-likeness (QED) is 0.263. The van der Waals surface area contributed by atoms with E-state index in [1.807, 2.05) is 25.1 Å². The maximum absolute atomic E-state index is 14.2. The number of allylic oxidation sites excluding steroid dienone is 4. The number of rotatable bonds is 6. The number of benzene rings is 2. The first-order valence-corrected chi connectivity index (χ1v) is 17.6.